The van der Waals surface area contributed by atoms with E-state index in [1.807, 2.05) is 45.0 Å². The maximum atomic E-state index is 13.2. The standard InChI is InChI=1S/C49H86N6O3/c1-7-11-13-15-17-19-21-27-35-53(9-3)36-30-31-39-54(37-28-22-20-18-16-14-12-8-2)38-29-23-24-34-45(56)58-49(5,6)41-55-44(40-57-10-4)52-46-47(55)42-32-25-26-33-43(42)51-48(46)50/h25-26,32-33H,7-24,27-31,34-41H2,1-6H3,(H2,50,51). The Bertz CT molecular complexity index is 1520. The Hall–Kier alpha value is -2.75. The van der Waals surface area contributed by atoms with Gasteiger partial charge in [0, 0.05) is 18.4 Å². The second-order valence-electron chi connectivity index (χ2n) is 17.4. The quantitative estimate of drug-likeness (QED) is 0.0458. The predicted molar refractivity (Wildman–Crippen MR) is 246 cm³/mol. The number of nitrogen functional groups attached to an aromatic ring is 1. The van der Waals surface area contributed by atoms with Crippen molar-refractivity contribution >= 4 is 33.7 Å². The molecule has 1 aromatic carbocycles. The molecule has 3 aromatic rings. The molecule has 9 heteroatoms. The lowest BCUT2D eigenvalue weighted by Gasteiger charge is -2.27. The average molecular weight is 807 g/mol. The number of carbonyl (C=O) groups excluding carboxylic acids is 1. The molecule has 2 aromatic heterocycles. The summed E-state index contributed by atoms with van der Waals surface area (Å²) >= 11 is 0. The first-order valence-corrected chi connectivity index (χ1v) is 24.0. The summed E-state index contributed by atoms with van der Waals surface area (Å²) in [6.07, 6.45) is 28.0. The van der Waals surface area contributed by atoms with Crippen molar-refractivity contribution in [1.82, 2.24) is 24.3 Å². The van der Waals surface area contributed by atoms with E-state index in [0.29, 0.717) is 37.5 Å². The summed E-state index contributed by atoms with van der Waals surface area (Å²) in [5, 5.41) is 0.970. The van der Waals surface area contributed by atoms with E-state index in [0.717, 1.165) is 54.6 Å². The number of fused-ring (bicyclic) bond motifs is 3. The zero-order chi connectivity index (χ0) is 41.9. The van der Waals surface area contributed by atoms with Gasteiger partial charge in [-0.1, -0.05) is 135 Å². The summed E-state index contributed by atoms with van der Waals surface area (Å²) in [4.78, 5) is 28.1. The third-order valence-electron chi connectivity index (χ3n) is 11.7. The summed E-state index contributed by atoms with van der Waals surface area (Å²) in [7, 11) is 0. The lowest BCUT2D eigenvalue weighted by Crippen LogP contribution is -2.34. The Morgan fingerprint density at radius 2 is 1.17 bits per heavy atom. The average Bonchev–Trinajstić information content (AvgIpc) is 3.56. The van der Waals surface area contributed by atoms with E-state index in [-0.39, 0.29) is 5.97 Å². The fourth-order valence-corrected chi connectivity index (χ4v) is 8.31. The minimum absolute atomic E-state index is 0.143. The monoisotopic (exact) mass is 807 g/mol. The molecule has 58 heavy (non-hydrogen) atoms. The summed E-state index contributed by atoms with van der Waals surface area (Å²) in [5.74, 6) is 1.00. The molecule has 0 saturated heterocycles. The highest BCUT2D eigenvalue weighted by atomic mass is 16.6. The van der Waals surface area contributed by atoms with Crippen molar-refractivity contribution in [3.05, 3.63) is 30.1 Å². The molecule has 330 valence electrons. The zero-order valence-electron chi connectivity index (χ0n) is 38.3. The summed E-state index contributed by atoms with van der Waals surface area (Å²) < 4.78 is 14.1. The Morgan fingerprint density at radius 3 is 1.72 bits per heavy atom. The predicted octanol–water partition coefficient (Wildman–Crippen LogP) is 12.3. The number of para-hydroxylation sites is 1. The van der Waals surface area contributed by atoms with Gasteiger partial charge in [0.05, 0.1) is 17.6 Å². The van der Waals surface area contributed by atoms with Crippen LogP contribution in [0.2, 0.25) is 0 Å². The molecule has 0 aliphatic carbocycles. The number of anilines is 1. The van der Waals surface area contributed by atoms with Gasteiger partial charge in [-0.3, -0.25) is 4.79 Å². The molecule has 0 atom stereocenters. The molecule has 3 rings (SSSR count). The number of ether oxygens (including phenoxy) is 2. The maximum Gasteiger partial charge on any atom is 0.306 e. The molecule has 0 amide bonds. The number of benzene rings is 1. The summed E-state index contributed by atoms with van der Waals surface area (Å²) in [6, 6.07) is 7.97. The number of rotatable bonds is 36. The van der Waals surface area contributed by atoms with E-state index in [4.69, 9.17) is 20.2 Å². The van der Waals surface area contributed by atoms with Crippen LogP contribution >= 0.6 is 0 Å². The van der Waals surface area contributed by atoms with Gasteiger partial charge in [-0.15, -0.1) is 0 Å². The third-order valence-corrected chi connectivity index (χ3v) is 11.7. The summed E-state index contributed by atoms with van der Waals surface area (Å²) in [5.41, 5.74) is 8.02. The first kappa shape index (κ1) is 49.6. The van der Waals surface area contributed by atoms with Crippen LogP contribution in [0, 0.1) is 0 Å². The Kier molecular flexibility index (Phi) is 25.2. The fraction of sp³-hybridized carbons (Fsp3) is 0.776. The fourth-order valence-electron chi connectivity index (χ4n) is 8.31. The van der Waals surface area contributed by atoms with Gasteiger partial charge >= 0.3 is 5.97 Å². The number of aromatic nitrogens is 3. The van der Waals surface area contributed by atoms with Crippen LogP contribution < -0.4 is 5.73 Å². The van der Waals surface area contributed by atoms with Crippen LogP contribution in [-0.4, -0.2) is 81.8 Å². The van der Waals surface area contributed by atoms with Crippen molar-refractivity contribution in [2.45, 2.75) is 202 Å². The molecule has 2 heterocycles. The van der Waals surface area contributed by atoms with E-state index in [1.54, 1.807) is 0 Å². The molecule has 9 nitrogen and oxygen atoms in total. The van der Waals surface area contributed by atoms with Crippen LogP contribution in [0.5, 0.6) is 0 Å². The van der Waals surface area contributed by atoms with Crippen LogP contribution in [-0.2, 0) is 27.4 Å². The number of imidazole rings is 1. The Morgan fingerprint density at radius 1 is 0.672 bits per heavy atom. The minimum atomic E-state index is -0.751. The van der Waals surface area contributed by atoms with Gasteiger partial charge in [0.2, 0.25) is 0 Å². The van der Waals surface area contributed by atoms with Gasteiger partial charge in [-0.25, -0.2) is 9.97 Å². The third kappa shape index (κ3) is 19.1. The van der Waals surface area contributed by atoms with Crippen molar-refractivity contribution < 1.29 is 14.3 Å². The molecule has 0 aliphatic rings. The smallest absolute Gasteiger partial charge is 0.306 e. The Balaban J connectivity index is 1.45. The van der Waals surface area contributed by atoms with E-state index < -0.39 is 5.60 Å². The highest BCUT2D eigenvalue weighted by molar-refractivity contribution is 6.06. The molecule has 0 aliphatic heterocycles. The number of pyridine rings is 1. The van der Waals surface area contributed by atoms with Crippen LogP contribution in [0.1, 0.15) is 189 Å². The first-order valence-electron chi connectivity index (χ1n) is 24.0. The van der Waals surface area contributed by atoms with Gasteiger partial charge in [-0.05, 0) is 105 Å². The minimum Gasteiger partial charge on any atom is -0.458 e. The normalized spacial score (nSPS) is 12.2. The second kappa shape index (κ2) is 29.5. The number of nitrogens with two attached hydrogens (primary N) is 1. The van der Waals surface area contributed by atoms with Gasteiger partial charge in [0.25, 0.3) is 0 Å². The molecule has 0 fully saturated rings. The van der Waals surface area contributed by atoms with Crippen LogP contribution in [0.4, 0.5) is 5.82 Å². The van der Waals surface area contributed by atoms with E-state index in [1.165, 1.54) is 142 Å². The van der Waals surface area contributed by atoms with E-state index in [9.17, 15) is 4.79 Å². The van der Waals surface area contributed by atoms with Crippen LogP contribution in [0.15, 0.2) is 24.3 Å². The van der Waals surface area contributed by atoms with Gasteiger partial charge < -0.3 is 29.6 Å². The number of hydrogen-bond donors (Lipinski definition) is 1. The van der Waals surface area contributed by atoms with Crippen molar-refractivity contribution in [1.29, 1.82) is 0 Å². The SMILES string of the molecule is CCCCCCCCCCN(CC)CCCCN(CCCCCCCCCC)CCCCCC(=O)OC(C)(C)Cn1c(COCC)nc2c(N)nc3ccccc3c21. The zero-order valence-corrected chi connectivity index (χ0v) is 38.3. The number of esters is 1. The lowest BCUT2D eigenvalue weighted by atomic mass is 10.1. The maximum absolute atomic E-state index is 13.2. The summed E-state index contributed by atoms with van der Waals surface area (Å²) in [6.45, 7) is 21.4. The molecular weight excluding hydrogens is 721 g/mol. The van der Waals surface area contributed by atoms with E-state index in [2.05, 4.69) is 40.1 Å². The van der Waals surface area contributed by atoms with Crippen molar-refractivity contribution in [2.75, 3.05) is 51.6 Å². The molecule has 2 N–H and O–H groups in total. The number of carbonyl (C=O) groups is 1. The number of nitrogens with zero attached hydrogens (tertiary/aromatic N) is 5. The molecule has 0 saturated carbocycles. The second-order valence-corrected chi connectivity index (χ2v) is 17.4. The number of hydrogen-bond acceptors (Lipinski definition) is 8. The molecule has 0 unspecified atom stereocenters. The largest absolute Gasteiger partial charge is 0.458 e. The lowest BCUT2D eigenvalue weighted by molar-refractivity contribution is -0.157. The first-order chi connectivity index (χ1) is 28.2. The molecule has 0 spiro atoms. The van der Waals surface area contributed by atoms with E-state index >= 15 is 0 Å². The molecular formula is C49H86N6O3. The van der Waals surface area contributed by atoms with Crippen LogP contribution in [0.25, 0.3) is 21.9 Å². The van der Waals surface area contributed by atoms with Gasteiger partial charge in [0.15, 0.2) is 5.82 Å². The number of unbranched alkanes of at least 4 members (excludes halogenated alkanes) is 17. The highest BCUT2D eigenvalue weighted by Crippen LogP contribution is 2.31. The molecule has 0 radical (unpaired) electrons. The highest BCUT2D eigenvalue weighted by Gasteiger charge is 2.27. The molecule has 0 bridgehead atoms. The van der Waals surface area contributed by atoms with Crippen molar-refractivity contribution in [2.24, 2.45) is 0 Å². The van der Waals surface area contributed by atoms with Crippen molar-refractivity contribution in [3.8, 4) is 0 Å². The van der Waals surface area contributed by atoms with Crippen molar-refractivity contribution in [3.63, 3.8) is 0 Å². The van der Waals surface area contributed by atoms with Crippen LogP contribution in [0.3, 0.4) is 0 Å². The Labute approximate surface area is 354 Å². The topological polar surface area (TPSA) is 98.7 Å². The van der Waals surface area contributed by atoms with Gasteiger partial charge in [-0.2, -0.15) is 0 Å². The van der Waals surface area contributed by atoms with Gasteiger partial charge in [0.1, 0.15) is 23.5 Å².